The van der Waals surface area contributed by atoms with Crippen molar-refractivity contribution in [2.45, 2.75) is 5.51 Å². The van der Waals surface area contributed by atoms with Gasteiger partial charge in [0.1, 0.15) is 0 Å². The Morgan fingerprint density at radius 3 is 2.29 bits per heavy atom. The summed E-state index contributed by atoms with van der Waals surface area (Å²) in [6.45, 7) is 1.19. The molecular weight excluding hydrogens is 263 g/mol. The molecule has 1 fully saturated rings. The summed E-state index contributed by atoms with van der Waals surface area (Å²) in [7, 11) is -4.21. The summed E-state index contributed by atoms with van der Waals surface area (Å²) in [5.41, 5.74) is -5.32. The smallest absolute Gasteiger partial charge is 0.482 e. The van der Waals surface area contributed by atoms with Gasteiger partial charge in [-0.15, -0.1) is 0 Å². The first kappa shape index (κ1) is 14.1. The third-order valence-electron chi connectivity index (χ3n) is 2.11. The molecule has 1 heterocycles. The molecule has 0 N–H and O–H groups in total. The Balaban J connectivity index is 2.93. The molecule has 0 amide bonds. The summed E-state index contributed by atoms with van der Waals surface area (Å²) in [5, 5.41) is 0.0956. The van der Waals surface area contributed by atoms with E-state index in [1.165, 1.54) is 4.90 Å². The van der Waals surface area contributed by atoms with E-state index in [2.05, 4.69) is 4.74 Å². The number of sulfone groups is 1. The summed E-state index contributed by atoms with van der Waals surface area (Å²) in [6, 6.07) is 0. The molecule has 0 bridgehead atoms. The first-order chi connectivity index (χ1) is 7.78. The van der Waals surface area contributed by atoms with E-state index in [1.54, 1.807) is 0 Å². The molecule has 0 radical (unpaired) electrons. The van der Waals surface area contributed by atoms with Crippen LogP contribution < -0.4 is 0 Å². The maximum atomic E-state index is 12.2. The molecule has 0 aromatic heterocycles. The topological polar surface area (TPSA) is 55.8 Å². The number of hydrogen-bond acceptors (Lipinski definition) is 5. The number of methoxy groups -OCH3 is 1. The second kappa shape index (κ2) is 5.13. The molecule has 100 valence electrons. The van der Waals surface area contributed by atoms with Gasteiger partial charge in [-0.25, -0.2) is 8.42 Å². The number of hydrogen-bond donors (Lipinski definition) is 0. The van der Waals surface area contributed by atoms with Crippen LogP contribution in [-0.2, 0) is 19.3 Å². The second-order valence-electron chi connectivity index (χ2n) is 3.25. The van der Waals surface area contributed by atoms with Gasteiger partial charge in [0, 0.05) is 13.1 Å². The zero-order chi connectivity index (χ0) is 13.1. The zero-order valence-corrected chi connectivity index (χ0v) is 9.84. The SMILES string of the molecule is CO/C(=C\S(=O)(=O)C(F)(F)F)N1CCOCC1. The van der Waals surface area contributed by atoms with Gasteiger partial charge < -0.3 is 14.4 Å². The highest BCUT2D eigenvalue weighted by molar-refractivity contribution is 7.95. The van der Waals surface area contributed by atoms with Crippen molar-refractivity contribution in [2.75, 3.05) is 33.4 Å². The summed E-state index contributed by atoms with van der Waals surface area (Å²) in [6.07, 6.45) is 0. The van der Waals surface area contributed by atoms with Gasteiger partial charge in [-0.05, 0) is 0 Å². The molecule has 0 unspecified atom stereocenters. The lowest BCUT2D eigenvalue weighted by molar-refractivity contribution is -0.0426. The van der Waals surface area contributed by atoms with E-state index in [0.717, 1.165) is 7.11 Å². The molecule has 0 saturated carbocycles. The predicted octanol–water partition coefficient (Wildman–Crippen LogP) is 0.699. The Labute approximate surface area is 96.7 Å². The van der Waals surface area contributed by atoms with E-state index in [-0.39, 0.29) is 24.4 Å². The summed E-state index contributed by atoms with van der Waals surface area (Å²) in [4.78, 5) is 1.38. The van der Waals surface area contributed by atoms with Gasteiger partial charge in [0.25, 0.3) is 9.84 Å². The Bertz CT molecular complexity index is 384. The molecule has 0 aromatic carbocycles. The van der Waals surface area contributed by atoms with Crippen LogP contribution in [0.2, 0.25) is 0 Å². The van der Waals surface area contributed by atoms with Crippen LogP contribution in [0.4, 0.5) is 13.2 Å². The average Bonchev–Trinajstić information content (AvgIpc) is 2.25. The molecule has 1 rings (SSSR count). The van der Waals surface area contributed by atoms with Gasteiger partial charge in [-0.1, -0.05) is 0 Å². The van der Waals surface area contributed by atoms with Crippen LogP contribution in [0.5, 0.6) is 0 Å². The van der Waals surface area contributed by atoms with Crippen LogP contribution in [0, 0.1) is 0 Å². The molecule has 9 heteroatoms. The number of ether oxygens (including phenoxy) is 2. The highest BCUT2D eigenvalue weighted by atomic mass is 32.2. The van der Waals surface area contributed by atoms with E-state index in [4.69, 9.17) is 4.74 Å². The highest BCUT2D eigenvalue weighted by Crippen LogP contribution is 2.26. The van der Waals surface area contributed by atoms with Gasteiger partial charge in [0.2, 0.25) is 5.88 Å². The van der Waals surface area contributed by atoms with Crippen molar-refractivity contribution in [3.63, 3.8) is 0 Å². The predicted molar refractivity (Wildman–Crippen MR) is 52.5 cm³/mol. The minimum atomic E-state index is -5.33. The Morgan fingerprint density at radius 1 is 1.35 bits per heavy atom. The summed E-state index contributed by atoms with van der Waals surface area (Å²) < 4.78 is 68.0. The maximum absolute atomic E-state index is 12.2. The van der Waals surface area contributed by atoms with Crippen LogP contribution in [0.25, 0.3) is 0 Å². The summed E-state index contributed by atoms with van der Waals surface area (Å²) in [5.74, 6) is -0.328. The fourth-order valence-electron chi connectivity index (χ4n) is 1.24. The van der Waals surface area contributed by atoms with E-state index in [9.17, 15) is 21.6 Å². The first-order valence-corrected chi connectivity index (χ1v) is 6.22. The molecule has 17 heavy (non-hydrogen) atoms. The number of alkyl halides is 3. The van der Waals surface area contributed by atoms with E-state index in [0.29, 0.717) is 13.2 Å². The molecule has 5 nitrogen and oxygen atoms in total. The molecule has 0 atom stereocenters. The number of morpholine rings is 1. The van der Waals surface area contributed by atoms with Crippen molar-refractivity contribution >= 4 is 9.84 Å². The fourth-order valence-corrected chi connectivity index (χ4v) is 1.88. The second-order valence-corrected chi connectivity index (χ2v) is 5.04. The Hall–Kier alpha value is -0.960. The van der Waals surface area contributed by atoms with Crippen molar-refractivity contribution in [2.24, 2.45) is 0 Å². The van der Waals surface area contributed by atoms with Crippen LogP contribution in [-0.4, -0.2) is 52.2 Å². The van der Waals surface area contributed by atoms with E-state index < -0.39 is 15.3 Å². The van der Waals surface area contributed by atoms with Crippen molar-refractivity contribution < 1.29 is 31.1 Å². The van der Waals surface area contributed by atoms with Crippen molar-refractivity contribution in [1.82, 2.24) is 4.90 Å². The minimum absolute atomic E-state index is 0.0956. The fraction of sp³-hybridized carbons (Fsp3) is 0.750. The van der Waals surface area contributed by atoms with Gasteiger partial charge in [0.15, 0.2) is 0 Å². The summed E-state index contributed by atoms with van der Waals surface area (Å²) >= 11 is 0. The Morgan fingerprint density at radius 2 is 1.88 bits per heavy atom. The van der Waals surface area contributed by atoms with Crippen LogP contribution in [0.15, 0.2) is 11.3 Å². The van der Waals surface area contributed by atoms with Gasteiger partial charge in [-0.2, -0.15) is 13.2 Å². The lowest BCUT2D eigenvalue weighted by Crippen LogP contribution is -2.37. The minimum Gasteiger partial charge on any atom is -0.482 e. The molecule has 1 saturated heterocycles. The van der Waals surface area contributed by atoms with E-state index in [1.807, 2.05) is 0 Å². The van der Waals surface area contributed by atoms with Gasteiger partial charge in [-0.3, -0.25) is 0 Å². The van der Waals surface area contributed by atoms with Crippen molar-refractivity contribution in [3.8, 4) is 0 Å². The van der Waals surface area contributed by atoms with Crippen molar-refractivity contribution in [3.05, 3.63) is 11.3 Å². The lowest BCUT2D eigenvalue weighted by Gasteiger charge is -2.29. The third kappa shape index (κ3) is 3.50. The third-order valence-corrected chi connectivity index (χ3v) is 3.27. The highest BCUT2D eigenvalue weighted by Gasteiger charge is 2.45. The van der Waals surface area contributed by atoms with Gasteiger partial charge >= 0.3 is 5.51 Å². The number of nitrogens with zero attached hydrogens (tertiary/aromatic N) is 1. The maximum Gasteiger partial charge on any atom is 0.501 e. The van der Waals surface area contributed by atoms with Gasteiger partial charge in [0.05, 0.1) is 25.7 Å². The standard InChI is InChI=1S/C8H12F3NO4S/c1-15-7(12-2-4-16-5-3-12)6-17(13,14)8(9,10)11/h6H,2-5H2,1H3/b7-6-. The number of halogens is 3. The van der Waals surface area contributed by atoms with Crippen LogP contribution in [0.1, 0.15) is 0 Å². The molecule has 0 spiro atoms. The average molecular weight is 275 g/mol. The molecular formula is C8H12F3NO4S. The quantitative estimate of drug-likeness (QED) is 0.710. The van der Waals surface area contributed by atoms with Crippen molar-refractivity contribution in [1.29, 1.82) is 0 Å². The molecule has 0 aliphatic carbocycles. The normalized spacial score (nSPS) is 19.3. The molecule has 1 aliphatic heterocycles. The van der Waals surface area contributed by atoms with Crippen LogP contribution in [0.3, 0.4) is 0 Å². The monoisotopic (exact) mass is 275 g/mol. The molecule has 1 aliphatic rings. The van der Waals surface area contributed by atoms with E-state index >= 15 is 0 Å². The number of rotatable bonds is 3. The van der Waals surface area contributed by atoms with Crippen LogP contribution >= 0.6 is 0 Å². The zero-order valence-electron chi connectivity index (χ0n) is 9.03. The first-order valence-electron chi connectivity index (χ1n) is 4.67. The Kier molecular flexibility index (Phi) is 4.26. The molecule has 0 aromatic rings. The largest absolute Gasteiger partial charge is 0.501 e. The lowest BCUT2D eigenvalue weighted by atomic mass is 10.4.